The van der Waals surface area contributed by atoms with Crippen molar-refractivity contribution in [3.63, 3.8) is 0 Å². The second-order valence-corrected chi connectivity index (χ2v) is 8.73. The van der Waals surface area contributed by atoms with Crippen LogP contribution in [-0.2, 0) is 14.3 Å². The Bertz CT molecular complexity index is 1020. The number of ether oxygens (including phenoxy) is 1. The van der Waals surface area contributed by atoms with Gasteiger partial charge < -0.3 is 14.7 Å². The quantitative estimate of drug-likeness (QED) is 0.387. The highest BCUT2D eigenvalue weighted by Crippen LogP contribution is 2.39. The monoisotopic (exact) mass is 474 g/mol. The van der Waals surface area contributed by atoms with Gasteiger partial charge in [-0.05, 0) is 48.4 Å². The molecule has 32 heavy (non-hydrogen) atoms. The van der Waals surface area contributed by atoms with Gasteiger partial charge in [0.1, 0.15) is 5.76 Å². The largest absolute Gasteiger partial charge is 0.507 e. The van der Waals surface area contributed by atoms with Crippen LogP contribution in [0.25, 0.3) is 5.76 Å². The molecule has 0 aliphatic carbocycles. The van der Waals surface area contributed by atoms with E-state index in [9.17, 15) is 14.7 Å². The Kier molecular flexibility index (Phi) is 7.16. The Morgan fingerprint density at radius 1 is 0.938 bits per heavy atom. The summed E-state index contributed by atoms with van der Waals surface area (Å²) in [5, 5.41) is 12.1. The lowest BCUT2D eigenvalue weighted by molar-refractivity contribution is -0.140. The highest BCUT2D eigenvalue weighted by atomic mass is 35.5. The number of ketones is 1. The summed E-state index contributed by atoms with van der Waals surface area (Å²) in [4.78, 5) is 29.8. The standard InChI is InChI=1S/C24H24Cl2N2O4/c25-18-6-2-16(3-7-18)21-20(22(29)17-4-8-19(26)9-5-17)23(30)24(31)28(21)11-1-10-27-12-14-32-15-13-27/h2-9,21,29H,1,10-15H2/b22-20-. The number of likely N-dealkylation sites (tertiary alicyclic amines) is 1. The number of benzene rings is 2. The van der Waals surface area contributed by atoms with Crippen molar-refractivity contribution in [2.75, 3.05) is 39.4 Å². The van der Waals surface area contributed by atoms with Crippen LogP contribution in [-0.4, -0.2) is 66.0 Å². The minimum atomic E-state index is -0.691. The third kappa shape index (κ3) is 4.84. The maximum Gasteiger partial charge on any atom is 0.295 e. The van der Waals surface area contributed by atoms with Gasteiger partial charge in [0.25, 0.3) is 11.7 Å². The van der Waals surface area contributed by atoms with Gasteiger partial charge in [-0.3, -0.25) is 14.5 Å². The molecule has 0 spiro atoms. The lowest BCUT2D eigenvalue weighted by Crippen LogP contribution is -2.38. The van der Waals surface area contributed by atoms with Gasteiger partial charge in [0, 0.05) is 41.8 Å². The number of Topliss-reactive ketones (excluding diaryl/α,β-unsaturated/α-hetero) is 1. The van der Waals surface area contributed by atoms with Crippen LogP contribution in [0.3, 0.4) is 0 Å². The number of morpholine rings is 1. The molecule has 8 heteroatoms. The van der Waals surface area contributed by atoms with E-state index in [-0.39, 0.29) is 11.3 Å². The van der Waals surface area contributed by atoms with Gasteiger partial charge in [-0.1, -0.05) is 35.3 Å². The van der Waals surface area contributed by atoms with Crippen molar-refractivity contribution in [3.8, 4) is 0 Å². The molecular formula is C24H24Cl2N2O4. The second-order valence-electron chi connectivity index (χ2n) is 7.86. The van der Waals surface area contributed by atoms with E-state index in [1.54, 1.807) is 53.4 Å². The van der Waals surface area contributed by atoms with Crippen LogP contribution in [0, 0.1) is 0 Å². The molecule has 0 aromatic heterocycles. The molecule has 2 heterocycles. The zero-order chi connectivity index (χ0) is 22.7. The molecule has 1 N–H and O–H groups in total. The van der Waals surface area contributed by atoms with E-state index in [0.717, 1.165) is 25.2 Å². The SMILES string of the molecule is O=C1C(=O)N(CCCN2CCOCC2)C(c2ccc(Cl)cc2)/C1=C(/O)c1ccc(Cl)cc1. The van der Waals surface area contributed by atoms with Crippen LogP contribution in [0.15, 0.2) is 54.1 Å². The lowest BCUT2D eigenvalue weighted by Gasteiger charge is -2.29. The van der Waals surface area contributed by atoms with Gasteiger partial charge in [-0.25, -0.2) is 0 Å². The molecule has 1 amide bonds. The number of aliphatic hydroxyl groups is 1. The van der Waals surface area contributed by atoms with Crippen molar-refractivity contribution in [2.24, 2.45) is 0 Å². The van der Waals surface area contributed by atoms with Gasteiger partial charge >= 0.3 is 0 Å². The van der Waals surface area contributed by atoms with E-state index < -0.39 is 17.7 Å². The molecule has 1 atom stereocenters. The van der Waals surface area contributed by atoms with Crippen LogP contribution in [0.5, 0.6) is 0 Å². The van der Waals surface area contributed by atoms with Crippen molar-refractivity contribution in [3.05, 3.63) is 75.3 Å². The van der Waals surface area contributed by atoms with E-state index >= 15 is 0 Å². The number of halogens is 2. The maximum atomic E-state index is 13.0. The third-order valence-corrected chi connectivity index (χ3v) is 6.32. The first-order valence-electron chi connectivity index (χ1n) is 10.6. The van der Waals surface area contributed by atoms with Gasteiger partial charge in [0.05, 0.1) is 24.8 Å². The molecule has 2 aliphatic rings. The molecule has 2 saturated heterocycles. The van der Waals surface area contributed by atoms with Crippen molar-refractivity contribution in [2.45, 2.75) is 12.5 Å². The van der Waals surface area contributed by atoms with Gasteiger partial charge in [0.15, 0.2) is 0 Å². The summed E-state index contributed by atoms with van der Waals surface area (Å²) < 4.78 is 5.38. The fourth-order valence-electron chi connectivity index (χ4n) is 4.15. The van der Waals surface area contributed by atoms with E-state index in [0.29, 0.717) is 41.8 Å². The van der Waals surface area contributed by atoms with Crippen molar-refractivity contribution >= 4 is 40.7 Å². The van der Waals surface area contributed by atoms with Gasteiger partial charge in [-0.2, -0.15) is 0 Å². The molecule has 2 aromatic carbocycles. The van der Waals surface area contributed by atoms with Gasteiger partial charge in [0.2, 0.25) is 0 Å². The summed E-state index contributed by atoms with van der Waals surface area (Å²) in [7, 11) is 0. The fourth-order valence-corrected chi connectivity index (χ4v) is 4.41. The van der Waals surface area contributed by atoms with Gasteiger partial charge in [-0.15, -0.1) is 0 Å². The van der Waals surface area contributed by atoms with E-state index in [1.165, 1.54) is 0 Å². The van der Waals surface area contributed by atoms with Crippen LogP contribution < -0.4 is 0 Å². The van der Waals surface area contributed by atoms with Crippen LogP contribution in [0.2, 0.25) is 10.0 Å². The number of amides is 1. The normalized spacial score (nSPS) is 21.3. The summed E-state index contributed by atoms with van der Waals surface area (Å²) in [5.74, 6) is -1.51. The maximum absolute atomic E-state index is 13.0. The van der Waals surface area contributed by atoms with Crippen LogP contribution in [0.4, 0.5) is 0 Å². The molecule has 6 nitrogen and oxygen atoms in total. The zero-order valence-electron chi connectivity index (χ0n) is 17.5. The number of carbonyl (C=O) groups excluding carboxylic acids is 2. The summed E-state index contributed by atoms with van der Waals surface area (Å²) >= 11 is 12.0. The Hall–Kier alpha value is -2.38. The minimum absolute atomic E-state index is 0.0750. The summed E-state index contributed by atoms with van der Waals surface area (Å²) in [6, 6.07) is 12.8. The molecule has 0 radical (unpaired) electrons. The summed E-state index contributed by atoms with van der Waals surface area (Å²) in [5.41, 5.74) is 1.22. The lowest BCUT2D eigenvalue weighted by atomic mass is 9.95. The molecule has 2 aliphatic heterocycles. The molecular weight excluding hydrogens is 451 g/mol. The first-order chi connectivity index (χ1) is 15.5. The van der Waals surface area contributed by atoms with E-state index in [1.807, 2.05) is 0 Å². The molecule has 4 rings (SSSR count). The average molecular weight is 475 g/mol. The Labute approximate surface area is 197 Å². The van der Waals surface area contributed by atoms with E-state index in [2.05, 4.69) is 4.90 Å². The number of carbonyl (C=O) groups is 2. The Morgan fingerprint density at radius 3 is 2.16 bits per heavy atom. The summed E-state index contributed by atoms with van der Waals surface area (Å²) in [6.45, 7) is 4.32. The fraction of sp³-hybridized carbons (Fsp3) is 0.333. The highest BCUT2D eigenvalue weighted by molar-refractivity contribution is 6.46. The van der Waals surface area contributed by atoms with Crippen LogP contribution >= 0.6 is 23.2 Å². The predicted molar refractivity (Wildman–Crippen MR) is 124 cm³/mol. The van der Waals surface area contributed by atoms with Crippen molar-refractivity contribution in [1.29, 1.82) is 0 Å². The first-order valence-corrected chi connectivity index (χ1v) is 11.3. The molecule has 0 bridgehead atoms. The number of rotatable bonds is 6. The Morgan fingerprint density at radius 2 is 1.53 bits per heavy atom. The number of nitrogens with zero attached hydrogens (tertiary/aromatic N) is 2. The molecule has 2 aromatic rings. The topological polar surface area (TPSA) is 70.1 Å². The van der Waals surface area contributed by atoms with E-state index in [4.69, 9.17) is 27.9 Å². The second kappa shape index (κ2) is 10.0. The van der Waals surface area contributed by atoms with Crippen LogP contribution in [0.1, 0.15) is 23.6 Å². The highest BCUT2D eigenvalue weighted by Gasteiger charge is 2.45. The minimum Gasteiger partial charge on any atom is -0.507 e. The average Bonchev–Trinajstić information content (AvgIpc) is 3.05. The number of hydrogen-bond donors (Lipinski definition) is 1. The predicted octanol–water partition coefficient (Wildman–Crippen LogP) is 4.14. The Balaban J connectivity index is 1.66. The van der Waals surface area contributed by atoms with Crippen molar-refractivity contribution < 1.29 is 19.4 Å². The van der Waals surface area contributed by atoms with Crippen molar-refractivity contribution in [1.82, 2.24) is 9.80 Å². The molecule has 0 saturated carbocycles. The first kappa shape index (κ1) is 22.8. The number of hydrogen-bond acceptors (Lipinski definition) is 5. The zero-order valence-corrected chi connectivity index (χ0v) is 19.0. The molecule has 168 valence electrons. The molecule has 1 unspecified atom stereocenters. The smallest absolute Gasteiger partial charge is 0.295 e. The summed E-state index contributed by atoms with van der Waals surface area (Å²) in [6.07, 6.45) is 0.706. The number of aliphatic hydroxyl groups excluding tert-OH is 1. The third-order valence-electron chi connectivity index (χ3n) is 5.82. The molecule has 2 fully saturated rings.